The lowest BCUT2D eigenvalue weighted by atomic mass is 9.98. The van der Waals surface area contributed by atoms with Crippen LogP contribution < -0.4 is 0 Å². The molecule has 0 bridgehead atoms. The van der Waals surface area contributed by atoms with E-state index in [-0.39, 0.29) is 6.42 Å². The minimum Gasteiger partial charge on any atom is -0.394 e. The van der Waals surface area contributed by atoms with Crippen molar-refractivity contribution in [1.29, 1.82) is 0 Å². The molecule has 2 rings (SSSR count). The van der Waals surface area contributed by atoms with Crippen molar-refractivity contribution in [3.8, 4) is 0 Å². The van der Waals surface area contributed by atoms with E-state index in [0.717, 1.165) is 0 Å². The van der Waals surface area contributed by atoms with E-state index in [1.165, 1.54) is 7.11 Å². The number of rotatable bonds is 4. The maximum absolute atomic E-state index is 9.98. The molecule has 0 spiro atoms. The number of ether oxygens (including phenoxy) is 4. The first-order valence-corrected chi connectivity index (χ1v) is 7.21. The van der Waals surface area contributed by atoms with Gasteiger partial charge in [0.05, 0.1) is 18.8 Å². The molecule has 0 aliphatic carbocycles. The van der Waals surface area contributed by atoms with Gasteiger partial charge in [-0.25, -0.2) is 0 Å². The van der Waals surface area contributed by atoms with E-state index < -0.39 is 61.9 Å². The standard InChI is InChI=1S/C13H24O9/c1-5-12(6(19-2)3-8(15)20-5)22-13-11(18)10(17)9(16)7(4-14)21-13/h5-18H,3-4H2,1-2H3/t5-,6-,7-,8?,9-,10+,11-,12+,13+/m1/s1. The molecule has 9 atom stereocenters. The Hall–Kier alpha value is -0.360. The summed E-state index contributed by atoms with van der Waals surface area (Å²) < 4.78 is 21.5. The molecule has 5 N–H and O–H groups in total. The van der Waals surface area contributed by atoms with Gasteiger partial charge in [-0.3, -0.25) is 0 Å². The molecule has 0 aromatic heterocycles. The lowest BCUT2D eigenvalue weighted by molar-refractivity contribution is -0.340. The molecular formula is C13H24O9. The second kappa shape index (κ2) is 7.47. The minimum absolute atomic E-state index is 0.183. The van der Waals surface area contributed by atoms with Crippen molar-refractivity contribution in [3.63, 3.8) is 0 Å². The van der Waals surface area contributed by atoms with Gasteiger partial charge >= 0.3 is 0 Å². The summed E-state index contributed by atoms with van der Waals surface area (Å²) in [6.07, 6.45) is -9.24. The van der Waals surface area contributed by atoms with Crippen LogP contribution in [0, 0.1) is 0 Å². The second-order valence-corrected chi connectivity index (χ2v) is 5.60. The average molecular weight is 324 g/mol. The van der Waals surface area contributed by atoms with Crippen LogP contribution in [0.3, 0.4) is 0 Å². The summed E-state index contributed by atoms with van der Waals surface area (Å²) in [5.74, 6) is 0. The molecule has 130 valence electrons. The highest BCUT2D eigenvalue weighted by molar-refractivity contribution is 4.91. The maximum Gasteiger partial charge on any atom is 0.187 e. The van der Waals surface area contributed by atoms with Gasteiger partial charge < -0.3 is 44.5 Å². The Balaban J connectivity index is 2.07. The van der Waals surface area contributed by atoms with Gasteiger partial charge in [-0.15, -0.1) is 0 Å². The fourth-order valence-corrected chi connectivity index (χ4v) is 2.78. The van der Waals surface area contributed by atoms with Crippen molar-refractivity contribution in [2.24, 2.45) is 0 Å². The minimum atomic E-state index is -1.51. The fourth-order valence-electron chi connectivity index (χ4n) is 2.78. The Morgan fingerprint density at radius 1 is 1.05 bits per heavy atom. The number of hydrogen-bond acceptors (Lipinski definition) is 9. The Labute approximate surface area is 128 Å². The van der Waals surface area contributed by atoms with Crippen molar-refractivity contribution in [2.75, 3.05) is 13.7 Å². The smallest absolute Gasteiger partial charge is 0.187 e. The zero-order valence-corrected chi connectivity index (χ0v) is 12.5. The average Bonchev–Trinajstić information content (AvgIpc) is 2.49. The largest absolute Gasteiger partial charge is 0.394 e. The Morgan fingerprint density at radius 3 is 2.32 bits per heavy atom. The summed E-state index contributed by atoms with van der Waals surface area (Å²) in [6, 6.07) is 0. The Morgan fingerprint density at radius 2 is 1.73 bits per heavy atom. The van der Waals surface area contributed by atoms with Gasteiger partial charge in [0.1, 0.15) is 30.5 Å². The third-order valence-corrected chi connectivity index (χ3v) is 4.08. The van der Waals surface area contributed by atoms with E-state index in [1.54, 1.807) is 6.92 Å². The molecule has 2 heterocycles. The molecule has 0 aromatic carbocycles. The number of aliphatic hydroxyl groups excluding tert-OH is 5. The summed E-state index contributed by atoms with van der Waals surface area (Å²) in [6.45, 7) is 1.14. The van der Waals surface area contributed by atoms with Crippen molar-refractivity contribution in [2.45, 2.75) is 68.7 Å². The molecule has 0 aromatic rings. The van der Waals surface area contributed by atoms with Crippen LogP contribution in [0.1, 0.15) is 13.3 Å². The molecule has 22 heavy (non-hydrogen) atoms. The van der Waals surface area contributed by atoms with E-state index in [0.29, 0.717) is 0 Å². The first kappa shape index (κ1) is 18.0. The van der Waals surface area contributed by atoms with Crippen LogP contribution in [0.2, 0.25) is 0 Å². The van der Waals surface area contributed by atoms with Gasteiger partial charge in [0.2, 0.25) is 0 Å². The molecule has 0 amide bonds. The molecule has 0 radical (unpaired) electrons. The van der Waals surface area contributed by atoms with Crippen LogP contribution in [0.5, 0.6) is 0 Å². The van der Waals surface area contributed by atoms with Gasteiger partial charge in [-0.2, -0.15) is 0 Å². The number of methoxy groups -OCH3 is 1. The van der Waals surface area contributed by atoms with E-state index in [1.807, 2.05) is 0 Å². The summed E-state index contributed by atoms with van der Waals surface area (Å²) >= 11 is 0. The summed E-state index contributed by atoms with van der Waals surface area (Å²) in [7, 11) is 1.46. The number of aliphatic hydroxyl groups is 5. The van der Waals surface area contributed by atoms with Crippen LogP contribution >= 0.6 is 0 Å². The highest BCUT2D eigenvalue weighted by Crippen LogP contribution is 2.29. The first-order chi connectivity index (χ1) is 10.4. The van der Waals surface area contributed by atoms with Crippen molar-refractivity contribution in [3.05, 3.63) is 0 Å². The van der Waals surface area contributed by atoms with Crippen LogP contribution in [-0.4, -0.2) is 94.6 Å². The maximum atomic E-state index is 9.98. The molecule has 2 aliphatic rings. The molecule has 0 saturated carbocycles. The normalized spacial score (nSPS) is 50.0. The van der Waals surface area contributed by atoms with Crippen molar-refractivity contribution >= 4 is 0 Å². The zero-order chi connectivity index (χ0) is 16.4. The highest BCUT2D eigenvalue weighted by Gasteiger charge is 2.47. The van der Waals surface area contributed by atoms with Crippen LogP contribution in [0.15, 0.2) is 0 Å². The van der Waals surface area contributed by atoms with Crippen molar-refractivity contribution < 1.29 is 44.5 Å². The first-order valence-electron chi connectivity index (χ1n) is 7.21. The van der Waals surface area contributed by atoms with Gasteiger partial charge in [0.15, 0.2) is 12.6 Å². The Bertz CT molecular complexity index is 352. The quantitative estimate of drug-likeness (QED) is 0.374. The Kier molecular flexibility index (Phi) is 6.11. The van der Waals surface area contributed by atoms with Gasteiger partial charge in [-0.1, -0.05) is 0 Å². The van der Waals surface area contributed by atoms with Crippen LogP contribution in [0.4, 0.5) is 0 Å². The second-order valence-electron chi connectivity index (χ2n) is 5.60. The fraction of sp³-hybridized carbons (Fsp3) is 1.00. The molecular weight excluding hydrogens is 300 g/mol. The van der Waals surface area contributed by atoms with E-state index >= 15 is 0 Å². The van der Waals surface area contributed by atoms with Gasteiger partial charge in [-0.05, 0) is 6.92 Å². The summed E-state index contributed by atoms with van der Waals surface area (Å²) in [4.78, 5) is 0. The van der Waals surface area contributed by atoms with Gasteiger partial charge in [0.25, 0.3) is 0 Å². The lowest BCUT2D eigenvalue weighted by Gasteiger charge is -2.44. The van der Waals surface area contributed by atoms with E-state index in [4.69, 9.17) is 24.1 Å². The van der Waals surface area contributed by atoms with Crippen LogP contribution in [-0.2, 0) is 18.9 Å². The third-order valence-electron chi connectivity index (χ3n) is 4.08. The van der Waals surface area contributed by atoms with E-state index in [2.05, 4.69) is 0 Å². The number of hydrogen-bond donors (Lipinski definition) is 5. The predicted octanol–water partition coefficient (Wildman–Crippen LogP) is -2.69. The summed E-state index contributed by atoms with van der Waals surface area (Å²) in [5.41, 5.74) is 0. The predicted molar refractivity (Wildman–Crippen MR) is 70.6 cm³/mol. The molecule has 1 unspecified atom stereocenters. The molecule has 9 nitrogen and oxygen atoms in total. The molecule has 2 saturated heterocycles. The molecule has 2 aliphatic heterocycles. The third kappa shape index (κ3) is 3.58. The van der Waals surface area contributed by atoms with Gasteiger partial charge in [0, 0.05) is 13.5 Å². The van der Waals surface area contributed by atoms with E-state index in [9.17, 15) is 20.4 Å². The topological polar surface area (TPSA) is 138 Å². The van der Waals surface area contributed by atoms with Crippen LogP contribution in [0.25, 0.3) is 0 Å². The molecule has 9 heteroatoms. The zero-order valence-electron chi connectivity index (χ0n) is 12.5. The monoisotopic (exact) mass is 324 g/mol. The summed E-state index contributed by atoms with van der Waals surface area (Å²) in [5, 5.41) is 48.2. The SMILES string of the molecule is CO[C@@H]1CC(O)O[C@H](C)[C@@H]1O[C@@H]1O[C@H](CO)[C@@H](O)[C@H](O)[C@H]1O. The highest BCUT2D eigenvalue weighted by atomic mass is 16.7. The molecule has 2 fully saturated rings. The lowest BCUT2D eigenvalue weighted by Crippen LogP contribution is -2.61. The van der Waals surface area contributed by atoms with Crippen molar-refractivity contribution in [1.82, 2.24) is 0 Å².